The van der Waals surface area contributed by atoms with Crippen LogP contribution >= 0.6 is 11.8 Å². The van der Waals surface area contributed by atoms with Crippen LogP contribution in [-0.4, -0.2) is 80.0 Å². The predicted octanol–water partition coefficient (Wildman–Crippen LogP) is 2.98. The van der Waals surface area contributed by atoms with Crippen molar-refractivity contribution >= 4 is 41.5 Å². The van der Waals surface area contributed by atoms with Gasteiger partial charge in [0.15, 0.2) is 5.82 Å². The van der Waals surface area contributed by atoms with E-state index in [0.717, 1.165) is 48.3 Å². The van der Waals surface area contributed by atoms with E-state index in [4.69, 9.17) is 24.2 Å². The topological polar surface area (TPSA) is 77.0 Å². The zero-order valence-corrected chi connectivity index (χ0v) is 19.9. The molecule has 176 valence electrons. The molecule has 2 saturated heterocycles. The van der Waals surface area contributed by atoms with E-state index in [1.807, 2.05) is 49.4 Å². The van der Waals surface area contributed by atoms with Crippen LogP contribution in [0.1, 0.15) is 18.3 Å². The van der Waals surface area contributed by atoms with Gasteiger partial charge in [-0.15, -0.1) is 0 Å². The number of anilines is 2. The first-order valence-corrected chi connectivity index (χ1v) is 12.4. The van der Waals surface area contributed by atoms with Crippen molar-refractivity contribution in [3.8, 4) is 5.75 Å². The summed E-state index contributed by atoms with van der Waals surface area (Å²) < 4.78 is 16.1. The number of carbonyl (C=O) groups excluding carboxylic acids is 1. The maximum absolute atomic E-state index is 12.6. The number of thioether (sulfide) groups is 1. The molecule has 2 aliphatic rings. The van der Waals surface area contributed by atoms with E-state index in [1.54, 1.807) is 18.9 Å². The maximum atomic E-state index is 12.6. The van der Waals surface area contributed by atoms with Crippen LogP contribution in [0.3, 0.4) is 0 Å². The minimum atomic E-state index is -0.352. The van der Waals surface area contributed by atoms with Crippen LogP contribution in [-0.2, 0) is 14.3 Å². The lowest BCUT2D eigenvalue weighted by atomic mass is 10.2. The van der Waals surface area contributed by atoms with Crippen LogP contribution < -0.4 is 14.5 Å². The Bertz CT molecular complexity index is 963. The van der Waals surface area contributed by atoms with Gasteiger partial charge in [-0.05, 0) is 30.7 Å². The lowest BCUT2D eigenvalue weighted by Crippen LogP contribution is -2.49. The normalized spacial score (nSPS) is 19.0. The van der Waals surface area contributed by atoms with Gasteiger partial charge in [0.2, 0.25) is 0 Å². The third-order valence-electron chi connectivity index (χ3n) is 5.57. The van der Waals surface area contributed by atoms with Crippen LogP contribution in [0, 0.1) is 0 Å². The molecule has 0 spiro atoms. The van der Waals surface area contributed by atoms with E-state index < -0.39 is 0 Å². The van der Waals surface area contributed by atoms with Gasteiger partial charge >= 0.3 is 5.97 Å². The van der Waals surface area contributed by atoms with Gasteiger partial charge in [0, 0.05) is 37.2 Å². The molecule has 4 rings (SSSR count). The highest BCUT2D eigenvalue weighted by molar-refractivity contribution is 7.99. The van der Waals surface area contributed by atoms with E-state index in [2.05, 4.69) is 9.80 Å². The molecule has 33 heavy (non-hydrogen) atoms. The first-order chi connectivity index (χ1) is 16.2. The lowest BCUT2D eigenvalue weighted by molar-refractivity contribution is -0.144. The van der Waals surface area contributed by atoms with Crippen molar-refractivity contribution in [2.75, 3.05) is 67.9 Å². The van der Waals surface area contributed by atoms with Crippen molar-refractivity contribution in [3.05, 3.63) is 41.7 Å². The molecule has 1 aromatic heterocycles. The fraction of sp³-hybridized carbons (Fsp3) is 0.458. The molecule has 1 aromatic carbocycles. The summed E-state index contributed by atoms with van der Waals surface area (Å²) in [6, 6.07) is 9.45. The Hall–Kier alpha value is -2.78. The molecule has 0 bridgehead atoms. The molecule has 2 aromatic rings. The van der Waals surface area contributed by atoms with Crippen molar-refractivity contribution in [1.82, 2.24) is 9.97 Å². The molecule has 0 aliphatic carbocycles. The van der Waals surface area contributed by atoms with Crippen molar-refractivity contribution in [2.45, 2.75) is 13.0 Å². The highest BCUT2D eigenvalue weighted by Gasteiger charge is 2.32. The van der Waals surface area contributed by atoms with Crippen LogP contribution in [0.15, 0.2) is 30.3 Å². The number of ether oxygens (including phenoxy) is 3. The third kappa shape index (κ3) is 5.97. The molecule has 1 unspecified atom stereocenters. The van der Waals surface area contributed by atoms with Crippen LogP contribution in [0.2, 0.25) is 0 Å². The summed E-state index contributed by atoms with van der Waals surface area (Å²) in [5.74, 6) is 4.43. The average molecular weight is 471 g/mol. The summed E-state index contributed by atoms with van der Waals surface area (Å²) in [6.07, 6.45) is 3.89. The number of morpholine rings is 1. The molecule has 1 atom stereocenters. The van der Waals surface area contributed by atoms with Crippen molar-refractivity contribution in [1.29, 1.82) is 0 Å². The van der Waals surface area contributed by atoms with Gasteiger partial charge in [0.1, 0.15) is 23.4 Å². The van der Waals surface area contributed by atoms with E-state index in [0.29, 0.717) is 31.4 Å². The van der Waals surface area contributed by atoms with E-state index >= 15 is 0 Å². The van der Waals surface area contributed by atoms with E-state index in [9.17, 15) is 4.79 Å². The SMILES string of the molecule is CCOC(=O)C1CSCCN1c1cc(N2CCOCC2)nc(C=Cc2ccc(OC)cc2)n1. The Kier molecular flexibility index (Phi) is 8.06. The van der Waals surface area contributed by atoms with Gasteiger partial charge in [-0.25, -0.2) is 14.8 Å². The van der Waals surface area contributed by atoms with Crippen LogP contribution in [0.4, 0.5) is 11.6 Å². The second-order valence-electron chi connectivity index (χ2n) is 7.68. The van der Waals surface area contributed by atoms with Gasteiger partial charge in [-0.2, -0.15) is 11.8 Å². The highest BCUT2D eigenvalue weighted by Crippen LogP contribution is 2.27. The van der Waals surface area contributed by atoms with Gasteiger partial charge in [-0.3, -0.25) is 0 Å². The molecule has 0 N–H and O–H groups in total. The zero-order chi connectivity index (χ0) is 23.0. The molecule has 9 heteroatoms. The average Bonchev–Trinajstić information content (AvgIpc) is 2.88. The number of rotatable bonds is 7. The largest absolute Gasteiger partial charge is 0.497 e. The van der Waals surface area contributed by atoms with Crippen molar-refractivity contribution in [3.63, 3.8) is 0 Å². The minimum Gasteiger partial charge on any atom is -0.497 e. The Morgan fingerprint density at radius 2 is 1.91 bits per heavy atom. The molecule has 8 nitrogen and oxygen atoms in total. The smallest absolute Gasteiger partial charge is 0.329 e. The molecular weight excluding hydrogens is 440 g/mol. The molecule has 0 radical (unpaired) electrons. The fourth-order valence-corrected chi connectivity index (χ4v) is 4.85. The van der Waals surface area contributed by atoms with E-state index in [1.165, 1.54) is 0 Å². The maximum Gasteiger partial charge on any atom is 0.329 e. The monoisotopic (exact) mass is 470 g/mol. The zero-order valence-electron chi connectivity index (χ0n) is 19.1. The van der Waals surface area contributed by atoms with Crippen molar-refractivity contribution < 1.29 is 19.0 Å². The standard InChI is InChI=1S/C24H30N4O4S/c1-3-32-24(29)20-17-33-15-12-28(20)23-16-22(27-10-13-31-14-11-27)25-21(26-23)9-6-18-4-7-19(30-2)8-5-18/h4-9,16,20H,3,10-15,17H2,1-2H3. The first-order valence-electron chi connectivity index (χ1n) is 11.2. The van der Waals surface area contributed by atoms with Gasteiger partial charge < -0.3 is 24.0 Å². The quantitative estimate of drug-likeness (QED) is 0.568. The minimum absolute atomic E-state index is 0.202. The molecular formula is C24H30N4O4S. The first kappa shape index (κ1) is 23.4. The second-order valence-corrected chi connectivity index (χ2v) is 8.83. The summed E-state index contributed by atoms with van der Waals surface area (Å²) in [7, 11) is 1.65. The van der Waals surface area contributed by atoms with Gasteiger partial charge in [0.25, 0.3) is 0 Å². The summed E-state index contributed by atoms with van der Waals surface area (Å²) in [5.41, 5.74) is 1.02. The third-order valence-corrected chi connectivity index (χ3v) is 6.60. The number of nitrogens with zero attached hydrogens (tertiary/aromatic N) is 4. The lowest BCUT2D eigenvalue weighted by Gasteiger charge is -2.35. The Morgan fingerprint density at radius 3 is 2.64 bits per heavy atom. The Morgan fingerprint density at radius 1 is 1.15 bits per heavy atom. The molecule has 0 saturated carbocycles. The highest BCUT2D eigenvalue weighted by atomic mass is 32.2. The summed E-state index contributed by atoms with van der Waals surface area (Å²) in [4.78, 5) is 26.5. The molecule has 2 fully saturated rings. The number of esters is 1. The number of aromatic nitrogens is 2. The number of benzene rings is 1. The van der Waals surface area contributed by atoms with Gasteiger partial charge in [-0.1, -0.05) is 18.2 Å². The molecule has 2 aliphatic heterocycles. The Labute approximate surface area is 198 Å². The summed E-state index contributed by atoms with van der Waals surface area (Å²) in [5, 5.41) is 0. The summed E-state index contributed by atoms with van der Waals surface area (Å²) in [6.45, 7) is 5.82. The fourth-order valence-electron chi connectivity index (χ4n) is 3.81. The predicted molar refractivity (Wildman–Crippen MR) is 132 cm³/mol. The number of methoxy groups -OCH3 is 1. The second kappa shape index (κ2) is 11.4. The number of hydrogen-bond donors (Lipinski definition) is 0. The van der Waals surface area contributed by atoms with Gasteiger partial charge in [0.05, 0.1) is 26.9 Å². The summed E-state index contributed by atoms with van der Waals surface area (Å²) >= 11 is 1.77. The molecule has 3 heterocycles. The van der Waals surface area contributed by atoms with Crippen LogP contribution in [0.25, 0.3) is 12.2 Å². The number of hydrogen-bond acceptors (Lipinski definition) is 9. The molecule has 0 amide bonds. The Balaban J connectivity index is 1.66. The number of carbonyl (C=O) groups is 1. The van der Waals surface area contributed by atoms with Crippen LogP contribution in [0.5, 0.6) is 5.75 Å². The van der Waals surface area contributed by atoms with E-state index in [-0.39, 0.29) is 12.0 Å². The van der Waals surface area contributed by atoms with Crippen molar-refractivity contribution in [2.24, 2.45) is 0 Å².